The van der Waals surface area contributed by atoms with Gasteiger partial charge in [0.15, 0.2) is 0 Å². The Morgan fingerprint density at radius 3 is 2.72 bits per heavy atom. The van der Waals surface area contributed by atoms with Crippen molar-refractivity contribution in [2.24, 2.45) is 0 Å². The summed E-state index contributed by atoms with van der Waals surface area (Å²) in [5.74, 6) is 0. The lowest BCUT2D eigenvalue weighted by atomic mass is 10.0. The summed E-state index contributed by atoms with van der Waals surface area (Å²) in [5, 5.41) is 2.97. The van der Waals surface area contributed by atoms with Crippen LogP contribution in [0.4, 0.5) is 5.69 Å². The van der Waals surface area contributed by atoms with Crippen LogP contribution in [0, 0.1) is 0 Å². The summed E-state index contributed by atoms with van der Waals surface area (Å²) in [6, 6.07) is 12.7. The van der Waals surface area contributed by atoms with Crippen LogP contribution in [0.25, 0.3) is 21.6 Å². The van der Waals surface area contributed by atoms with Gasteiger partial charge in [-0.3, -0.25) is 4.98 Å². The summed E-state index contributed by atoms with van der Waals surface area (Å²) in [6.07, 6.45) is 6.41. The van der Waals surface area contributed by atoms with E-state index >= 15 is 0 Å². The predicted molar refractivity (Wildman–Crippen MR) is 112 cm³/mol. The number of nitrogens with zero attached hydrogens (tertiary/aromatic N) is 1. The van der Waals surface area contributed by atoms with Gasteiger partial charge in [0.1, 0.15) is 0 Å². The summed E-state index contributed by atoms with van der Waals surface area (Å²) in [6.45, 7) is 2.29. The van der Waals surface area contributed by atoms with E-state index in [-0.39, 0.29) is 5.41 Å². The van der Waals surface area contributed by atoms with Gasteiger partial charge in [-0.15, -0.1) is 11.3 Å². The van der Waals surface area contributed by atoms with Crippen molar-refractivity contribution in [2.75, 3.05) is 11.0 Å². The Balaban J connectivity index is 1.65. The molecule has 3 aromatic rings. The van der Waals surface area contributed by atoms with Crippen LogP contribution in [0.15, 0.2) is 48.0 Å². The van der Waals surface area contributed by atoms with Gasteiger partial charge in [-0.05, 0) is 65.7 Å². The van der Waals surface area contributed by atoms with E-state index in [0.717, 1.165) is 16.3 Å². The average Bonchev–Trinajstić information content (AvgIpc) is 3.18. The van der Waals surface area contributed by atoms with E-state index in [1.54, 1.807) is 23.3 Å². The lowest BCUT2D eigenvalue weighted by Gasteiger charge is -2.08. The van der Waals surface area contributed by atoms with Crippen molar-refractivity contribution in [3.63, 3.8) is 0 Å². The number of nitrogens with one attached hydrogen (secondary N) is 1. The highest BCUT2D eigenvalue weighted by Gasteiger charge is 2.40. The van der Waals surface area contributed by atoms with E-state index in [4.69, 9.17) is 11.6 Å². The van der Waals surface area contributed by atoms with Gasteiger partial charge in [-0.2, -0.15) is 0 Å². The van der Waals surface area contributed by atoms with Gasteiger partial charge in [-0.25, -0.2) is 0 Å². The minimum absolute atomic E-state index is 0.290. The molecule has 25 heavy (non-hydrogen) atoms. The van der Waals surface area contributed by atoms with Crippen LogP contribution >= 0.6 is 34.9 Å². The van der Waals surface area contributed by atoms with E-state index < -0.39 is 0 Å². The van der Waals surface area contributed by atoms with Crippen LogP contribution < -0.4 is 4.72 Å². The van der Waals surface area contributed by atoms with Crippen molar-refractivity contribution in [1.82, 2.24) is 4.98 Å². The summed E-state index contributed by atoms with van der Waals surface area (Å²) in [5.41, 5.74) is 6.07. The molecule has 128 valence electrons. The van der Waals surface area contributed by atoms with E-state index in [1.165, 1.54) is 34.5 Å². The van der Waals surface area contributed by atoms with Crippen LogP contribution in [0.2, 0.25) is 5.02 Å². The van der Waals surface area contributed by atoms with Gasteiger partial charge in [0, 0.05) is 39.7 Å². The number of benzene rings is 1. The Morgan fingerprint density at radius 1 is 1.16 bits per heavy atom. The molecule has 1 aliphatic carbocycles. The summed E-state index contributed by atoms with van der Waals surface area (Å²) in [7, 11) is 0. The molecule has 2 nitrogen and oxygen atoms in total. The fraction of sp³-hybridized carbons (Fsp3) is 0.250. The lowest BCUT2D eigenvalue weighted by Crippen LogP contribution is -2.02. The molecule has 1 N–H and O–H groups in total. The number of anilines is 1. The molecule has 4 rings (SSSR count). The van der Waals surface area contributed by atoms with E-state index in [2.05, 4.69) is 52.3 Å². The topological polar surface area (TPSA) is 24.9 Å². The standard InChI is InChI=1S/C20H19ClN2S2/c1-20(6-7-20)19-10-13(5-8-22-19)14-9-18(25-12-14)16-4-3-15(23-24-2)11-17(16)21/h3-5,8-12,23H,6-7H2,1-2H3. The first-order valence-corrected chi connectivity index (χ1v) is 10.7. The van der Waals surface area contributed by atoms with Crippen LogP contribution in [-0.2, 0) is 5.41 Å². The van der Waals surface area contributed by atoms with Gasteiger partial charge in [0.05, 0.1) is 5.02 Å². The SMILES string of the molecule is CSNc1ccc(-c2cc(-c3ccnc(C4(C)CC4)c3)cs2)c(Cl)c1. The minimum Gasteiger partial charge on any atom is -0.330 e. The van der Waals surface area contributed by atoms with Crippen LogP contribution in [0.3, 0.4) is 0 Å². The second-order valence-electron chi connectivity index (χ2n) is 6.69. The molecule has 1 saturated carbocycles. The van der Waals surface area contributed by atoms with E-state index in [0.29, 0.717) is 0 Å². The fourth-order valence-electron chi connectivity index (χ4n) is 2.91. The third-order valence-electron chi connectivity index (χ3n) is 4.77. The Morgan fingerprint density at radius 2 is 2.00 bits per heavy atom. The molecule has 0 amide bonds. The molecular formula is C20H19ClN2S2. The highest BCUT2D eigenvalue weighted by Crippen LogP contribution is 2.47. The largest absolute Gasteiger partial charge is 0.330 e. The van der Waals surface area contributed by atoms with Crippen molar-refractivity contribution in [2.45, 2.75) is 25.2 Å². The van der Waals surface area contributed by atoms with Gasteiger partial charge in [-0.1, -0.05) is 30.5 Å². The first-order chi connectivity index (χ1) is 12.1. The summed E-state index contributed by atoms with van der Waals surface area (Å²) in [4.78, 5) is 5.77. The molecule has 0 atom stereocenters. The lowest BCUT2D eigenvalue weighted by molar-refractivity contribution is 0.750. The normalized spacial score (nSPS) is 15.2. The molecule has 1 aromatic carbocycles. The Hall–Kier alpha value is -1.49. The molecule has 2 heterocycles. The van der Waals surface area contributed by atoms with Crippen molar-refractivity contribution < 1.29 is 0 Å². The van der Waals surface area contributed by atoms with Crippen LogP contribution in [0.5, 0.6) is 0 Å². The molecular weight excluding hydrogens is 368 g/mol. The highest BCUT2D eigenvalue weighted by atomic mass is 35.5. The summed E-state index contributed by atoms with van der Waals surface area (Å²) >= 11 is 9.79. The zero-order chi connectivity index (χ0) is 17.4. The quantitative estimate of drug-likeness (QED) is 0.484. The monoisotopic (exact) mass is 386 g/mol. The van der Waals surface area contributed by atoms with Gasteiger partial charge in [0.2, 0.25) is 0 Å². The number of hydrogen-bond acceptors (Lipinski definition) is 4. The molecule has 0 unspecified atom stereocenters. The van der Waals surface area contributed by atoms with E-state index in [1.807, 2.05) is 18.5 Å². The van der Waals surface area contributed by atoms with Crippen molar-refractivity contribution >= 4 is 40.6 Å². The van der Waals surface area contributed by atoms with Crippen molar-refractivity contribution in [3.05, 3.63) is 58.7 Å². The fourth-order valence-corrected chi connectivity index (χ4v) is 4.57. The minimum atomic E-state index is 0.290. The number of hydrogen-bond donors (Lipinski definition) is 1. The number of rotatable bonds is 5. The first-order valence-electron chi connectivity index (χ1n) is 8.23. The first kappa shape index (κ1) is 17.0. The van der Waals surface area contributed by atoms with Crippen molar-refractivity contribution in [1.29, 1.82) is 0 Å². The predicted octanol–water partition coefficient (Wildman–Crippen LogP) is 6.87. The van der Waals surface area contributed by atoms with Gasteiger partial charge >= 0.3 is 0 Å². The van der Waals surface area contributed by atoms with E-state index in [9.17, 15) is 0 Å². The highest BCUT2D eigenvalue weighted by molar-refractivity contribution is 7.99. The number of thiophene rings is 1. The molecule has 2 aromatic heterocycles. The molecule has 5 heteroatoms. The number of aromatic nitrogens is 1. The van der Waals surface area contributed by atoms with Crippen LogP contribution in [0.1, 0.15) is 25.5 Å². The zero-order valence-corrected chi connectivity index (χ0v) is 16.6. The second-order valence-corrected chi connectivity index (χ2v) is 8.62. The average molecular weight is 387 g/mol. The number of halogens is 1. The number of pyridine rings is 1. The smallest absolute Gasteiger partial charge is 0.0513 e. The molecule has 0 radical (unpaired) electrons. The maximum atomic E-state index is 6.50. The molecule has 1 aliphatic rings. The Bertz CT molecular complexity index is 916. The van der Waals surface area contributed by atoms with Crippen molar-refractivity contribution in [3.8, 4) is 21.6 Å². The molecule has 0 bridgehead atoms. The van der Waals surface area contributed by atoms with Gasteiger partial charge in [0.25, 0.3) is 0 Å². The zero-order valence-electron chi connectivity index (χ0n) is 14.2. The molecule has 0 saturated heterocycles. The summed E-state index contributed by atoms with van der Waals surface area (Å²) < 4.78 is 3.21. The van der Waals surface area contributed by atoms with Crippen LogP contribution in [-0.4, -0.2) is 11.2 Å². The Kier molecular flexibility index (Phi) is 4.52. The van der Waals surface area contributed by atoms with Gasteiger partial charge < -0.3 is 4.72 Å². The molecule has 0 aliphatic heterocycles. The molecule has 0 spiro atoms. The third-order valence-corrected chi connectivity index (χ3v) is 6.48. The maximum Gasteiger partial charge on any atom is 0.0513 e. The Labute approximate surface area is 161 Å². The maximum absolute atomic E-state index is 6.50. The molecule has 1 fully saturated rings. The third kappa shape index (κ3) is 3.43. The second kappa shape index (κ2) is 6.67.